The molecule has 0 amide bonds. The lowest BCUT2D eigenvalue weighted by molar-refractivity contribution is 0.0161. The monoisotopic (exact) mass is 544 g/mol. The second kappa shape index (κ2) is 9.75. The van der Waals surface area contributed by atoms with E-state index in [-0.39, 0.29) is 16.7 Å². The molecule has 10 heteroatoms. The summed E-state index contributed by atoms with van der Waals surface area (Å²) in [5.74, 6) is -0.513. The first-order chi connectivity index (χ1) is 14.8. The molecule has 164 valence electrons. The summed E-state index contributed by atoms with van der Waals surface area (Å²) < 4.78 is 46.3. The molecule has 1 atom stereocenters. The van der Waals surface area contributed by atoms with Crippen LogP contribution in [0.5, 0.6) is 0 Å². The van der Waals surface area contributed by atoms with Crippen molar-refractivity contribution in [2.75, 3.05) is 11.0 Å². The second-order valence-electron chi connectivity index (χ2n) is 6.88. The molecule has 0 radical (unpaired) electrons. The molecule has 0 saturated carbocycles. The van der Waals surface area contributed by atoms with Crippen molar-refractivity contribution in [2.45, 2.75) is 32.5 Å². The maximum atomic E-state index is 14.1. The Balaban J connectivity index is 1.82. The molecule has 3 rings (SSSR count). The third-order valence-electron chi connectivity index (χ3n) is 4.56. The average Bonchev–Trinajstić information content (AvgIpc) is 3.15. The van der Waals surface area contributed by atoms with Gasteiger partial charge in [-0.2, -0.15) is 5.10 Å². The van der Waals surface area contributed by atoms with Gasteiger partial charge in [0, 0.05) is 23.0 Å². The SMILES string of the molecule is CCOC(=O)c1nccc2nn(Cc3cnc(/C=C/C(F)(CI)C(F)F)c(C)c3)cc12. The van der Waals surface area contributed by atoms with Crippen molar-refractivity contribution in [3.8, 4) is 0 Å². The Hall–Kier alpha value is -2.50. The van der Waals surface area contributed by atoms with Gasteiger partial charge in [0.15, 0.2) is 11.4 Å². The van der Waals surface area contributed by atoms with Crippen LogP contribution < -0.4 is 0 Å². The van der Waals surface area contributed by atoms with E-state index in [0.29, 0.717) is 28.7 Å². The van der Waals surface area contributed by atoms with Crippen molar-refractivity contribution in [1.29, 1.82) is 0 Å². The number of alkyl halides is 4. The van der Waals surface area contributed by atoms with Gasteiger partial charge in [0.2, 0.25) is 0 Å². The van der Waals surface area contributed by atoms with Crippen molar-refractivity contribution in [3.05, 3.63) is 59.3 Å². The number of ether oxygens (including phenoxy) is 1. The van der Waals surface area contributed by atoms with E-state index in [9.17, 15) is 18.0 Å². The molecular formula is C21H20F3IN4O2. The number of allylic oxidation sites excluding steroid dienone is 1. The Bertz CT molecular complexity index is 1120. The smallest absolute Gasteiger partial charge is 0.357 e. The van der Waals surface area contributed by atoms with Gasteiger partial charge in [-0.05, 0) is 43.2 Å². The number of halogens is 4. The maximum Gasteiger partial charge on any atom is 0.357 e. The van der Waals surface area contributed by atoms with Crippen LogP contribution in [0, 0.1) is 6.92 Å². The maximum absolute atomic E-state index is 14.1. The Labute approximate surface area is 190 Å². The largest absolute Gasteiger partial charge is 0.461 e. The molecule has 0 spiro atoms. The fourth-order valence-corrected chi connectivity index (χ4v) is 3.51. The van der Waals surface area contributed by atoms with E-state index in [1.165, 1.54) is 12.3 Å². The van der Waals surface area contributed by atoms with E-state index in [0.717, 1.165) is 11.6 Å². The number of hydrogen-bond acceptors (Lipinski definition) is 5. The highest BCUT2D eigenvalue weighted by Crippen LogP contribution is 2.26. The van der Waals surface area contributed by atoms with Gasteiger partial charge >= 0.3 is 5.97 Å². The van der Waals surface area contributed by atoms with Crippen molar-refractivity contribution in [2.24, 2.45) is 0 Å². The molecule has 0 aromatic carbocycles. The van der Waals surface area contributed by atoms with Gasteiger partial charge in [-0.3, -0.25) is 9.67 Å². The number of aromatic nitrogens is 4. The number of aryl methyl sites for hydroxylation is 1. The highest BCUT2D eigenvalue weighted by molar-refractivity contribution is 14.1. The zero-order chi connectivity index (χ0) is 22.6. The summed E-state index contributed by atoms with van der Waals surface area (Å²) >= 11 is 1.60. The zero-order valence-electron chi connectivity index (χ0n) is 16.9. The van der Waals surface area contributed by atoms with Gasteiger partial charge in [-0.25, -0.2) is 22.9 Å². The zero-order valence-corrected chi connectivity index (χ0v) is 19.0. The Morgan fingerprint density at radius 2 is 2.16 bits per heavy atom. The molecular weight excluding hydrogens is 524 g/mol. The first kappa shape index (κ1) is 23.2. The lowest BCUT2D eigenvalue weighted by Crippen LogP contribution is -2.31. The molecule has 0 aliphatic rings. The summed E-state index contributed by atoms with van der Waals surface area (Å²) in [7, 11) is 0. The normalized spacial score (nSPS) is 13.8. The fraction of sp³-hybridized carbons (Fsp3) is 0.333. The minimum absolute atomic E-state index is 0.199. The number of fused-ring (bicyclic) bond motifs is 1. The van der Waals surface area contributed by atoms with Crippen LogP contribution in [0.15, 0.2) is 36.8 Å². The number of carbonyl (C=O) groups is 1. The molecule has 0 fully saturated rings. The van der Waals surface area contributed by atoms with E-state index in [2.05, 4.69) is 15.1 Å². The quantitative estimate of drug-likeness (QED) is 0.232. The topological polar surface area (TPSA) is 69.9 Å². The van der Waals surface area contributed by atoms with Crippen LogP contribution in [0.1, 0.15) is 34.2 Å². The predicted molar refractivity (Wildman–Crippen MR) is 119 cm³/mol. The summed E-state index contributed by atoms with van der Waals surface area (Å²) in [4.78, 5) is 20.5. The molecule has 31 heavy (non-hydrogen) atoms. The average molecular weight is 544 g/mol. The Kier molecular flexibility index (Phi) is 7.29. The third kappa shape index (κ3) is 5.23. The number of esters is 1. The summed E-state index contributed by atoms with van der Waals surface area (Å²) in [5.41, 5.74) is 0.0481. The molecule has 1 unspecified atom stereocenters. The van der Waals surface area contributed by atoms with E-state index in [1.807, 2.05) is 6.07 Å². The number of pyridine rings is 2. The van der Waals surface area contributed by atoms with Gasteiger partial charge < -0.3 is 4.74 Å². The molecule has 0 N–H and O–H groups in total. The number of carbonyl (C=O) groups excluding carboxylic acids is 1. The fourth-order valence-electron chi connectivity index (χ4n) is 2.92. The van der Waals surface area contributed by atoms with Crippen LogP contribution in [0.2, 0.25) is 0 Å². The molecule has 3 aromatic heterocycles. The lowest BCUT2D eigenvalue weighted by Gasteiger charge is -2.17. The van der Waals surface area contributed by atoms with Crippen LogP contribution in [0.3, 0.4) is 0 Å². The van der Waals surface area contributed by atoms with Crippen molar-refractivity contribution in [1.82, 2.24) is 19.7 Å². The number of rotatable bonds is 8. The summed E-state index contributed by atoms with van der Waals surface area (Å²) in [5, 5.41) is 5.03. The molecule has 6 nitrogen and oxygen atoms in total. The molecule has 0 saturated heterocycles. The molecule has 3 aromatic rings. The van der Waals surface area contributed by atoms with Crippen molar-refractivity contribution in [3.63, 3.8) is 0 Å². The third-order valence-corrected chi connectivity index (χ3v) is 5.73. The lowest BCUT2D eigenvalue weighted by atomic mass is 10.1. The van der Waals surface area contributed by atoms with Gasteiger partial charge in [0.25, 0.3) is 6.43 Å². The molecule has 3 heterocycles. The Morgan fingerprint density at radius 1 is 1.39 bits per heavy atom. The summed E-state index contributed by atoms with van der Waals surface area (Å²) in [6, 6.07) is 3.53. The molecule has 0 aliphatic heterocycles. The minimum atomic E-state index is -3.11. The standard InChI is InChI=1S/C21H20F3IN4O2/c1-3-31-19(30)18-15-11-29(28-17(15)5-7-26-18)10-14-8-13(2)16(27-9-14)4-6-21(24,12-25)20(22)23/h4-9,11,20H,3,10,12H2,1-2H3/b6-4+. The molecule has 0 bridgehead atoms. The van der Waals surface area contributed by atoms with E-state index >= 15 is 0 Å². The molecule has 0 aliphatic carbocycles. The minimum Gasteiger partial charge on any atom is -0.461 e. The van der Waals surface area contributed by atoms with E-state index in [4.69, 9.17) is 4.74 Å². The first-order valence-corrected chi connectivity index (χ1v) is 11.0. The summed E-state index contributed by atoms with van der Waals surface area (Å²) in [6.45, 7) is 4.10. The van der Waals surface area contributed by atoms with E-state index in [1.54, 1.807) is 59.6 Å². The van der Waals surface area contributed by atoms with Gasteiger partial charge in [-0.1, -0.05) is 28.7 Å². The van der Waals surface area contributed by atoms with Crippen LogP contribution in [-0.2, 0) is 11.3 Å². The Morgan fingerprint density at radius 3 is 2.81 bits per heavy atom. The van der Waals surface area contributed by atoms with Gasteiger partial charge in [-0.15, -0.1) is 0 Å². The van der Waals surface area contributed by atoms with Crippen LogP contribution in [0.4, 0.5) is 13.2 Å². The number of hydrogen-bond donors (Lipinski definition) is 0. The van der Waals surface area contributed by atoms with Crippen molar-refractivity contribution < 1.29 is 22.7 Å². The summed E-state index contributed by atoms with van der Waals surface area (Å²) in [6.07, 6.45) is 3.82. The van der Waals surface area contributed by atoms with E-state index < -0.39 is 18.1 Å². The first-order valence-electron chi connectivity index (χ1n) is 9.44. The number of nitrogens with zero attached hydrogens (tertiary/aromatic N) is 4. The predicted octanol–water partition coefficient (Wildman–Crippen LogP) is 4.78. The van der Waals surface area contributed by atoms with Gasteiger partial charge in [0.05, 0.1) is 29.7 Å². The van der Waals surface area contributed by atoms with Crippen LogP contribution in [-0.4, -0.2) is 48.8 Å². The van der Waals surface area contributed by atoms with Crippen molar-refractivity contribution >= 4 is 45.5 Å². The highest BCUT2D eigenvalue weighted by atomic mass is 127. The second-order valence-corrected chi connectivity index (χ2v) is 7.64. The highest BCUT2D eigenvalue weighted by Gasteiger charge is 2.36. The van der Waals surface area contributed by atoms with Gasteiger partial charge in [0.1, 0.15) is 0 Å². The van der Waals surface area contributed by atoms with Crippen LogP contribution in [0.25, 0.3) is 17.0 Å². The van der Waals surface area contributed by atoms with Crippen LogP contribution >= 0.6 is 22.6 Å².